The summed E-state index contributed by atoms with van der Waals surface area (Å²) in [5.74, 6) is 4.97. The molecule has 0 N–H and O–H groups in total. The summed E-state index contributed by atoms with van der Waals surface area (Å²) in [5, 5.41) is 0. The van der Waals surface area contributed by atoms with Crippen molar-refractivity contribution < 1.29 is 0 Å². The van der Waals surface area contributed by atoms with Crippen LogP contribution in [0.15, 0.2) is 0 Å². The molecule has 2 aliphatic carbocycles. The lowest BCUT2D eigenvalue weighted by atomic mass is 9.31. The molecule has 0 spiro atoms. The number of rotatable bonds is 0. The molecule has 4 unspecified atom stereocenters. The Kier molecular flexibility index (Phi) is 1.28. The molecule has 0 amide bonds. The highest BCUT2D eigenvalue weighted by Gasteiger charge is 2.67. The van der Waals surface area contributed by atoms with Crippen LogP contribution in [0.3, 0.4) is 0 Å². The van der Waals surface area contributed by atoms with Gasteiger partial charge in [0.2, 0.25) is 0 Å². The maximum Gasteiger partial charge on any atom is -0.0236 e. The Balaban J connectivity index is 2.20. The van der Waals surface area contributed by atoms with Crippen molar-refractivity contribution in [3.8, 4) is 0 Å². The Hall–Kier alpha value is 0. The smallest absolute Gasteiger partial charge is 0.0236 e. The van der Waals surface area contributed by atoms with Crippen LogP contribution in [-0.2, 0) is 0 Å². The molecule has 4 atom stereocenters. The molecular formula is C11H20. The van der Waals surface area contributed by atoms with Crippen LogP contribution in [0.4, 0.5) is 0 Å². The number of fused-ring (bicyclic) bond motifs is 1. The van der Waals surface area contributed by atoms with Crippen molar-refractivity contribution >= 4 is 0 Å². The van der Waals surface area contributed by atoms with E-state index in [2.05, 4.69) is 34.6 Å². The van der Waals surface area contributed by atoms with Crippen molar-refractivity contribution in [2.45, 2.75) is 34.6 Å². The minimum atomic E-state index is 0.721. The third-order valence-electron chi connectivity index (χ3n) is 5.39. The zero-order valence-corrected chi connectivity index (χ0v) is 8.39. The first-order valence-electron chi connectivity index (χ1n) is 5.01. The van der Waals surface area contributed by atoms with Gasteiger partial charge in [0.1, 0.15) is 0 Å². The second-order valence-corrected chi connectivity index (χ2v) is 5.19. The summed E-state index contributed by atoms with van der Waals surface area (Å²) in [4.78, 5) is 0. The zero-order chi connectivity index (χ0) is 8.39. The molecule has 2 saturated carbocycles. The minimum absolute atomic E-state index is 0.721. The summed E-state index contributed by atoms with van der Waals surface area (Å²) in [6.07, 6.45) is 0. The van der Waals surface area contributed by atoms with E-state index in [0.29, 0.717) is 0 Å². The molecule has 2 fully saturated rings. The van der Waals surface area contributed by atoms with Gasteiger partial charge < -0.3 is 0 Å². The average molecular weight is 152 g/mol. The molecule has 11 heavy (non-hydrogen) atoms. The van der Waals surface area contributed by atoms with Crippen molar-refractivity contribution in [3.05, 3.63) is 0 Å². The lowest BCUT2D eigenvalue weighted by molar-refractivity contribution is -0.259. The third-order valence-corrected chi connectivity index (χ3v) is 5.39. The molecular weight excluding hydrogens is 132 g/mol. The monoisotopic (exact) mass is 152 g/mol. The topological polar surface area (TPSA) is 0 Å². The van der Waals surface area contributed by atoms with E-state index in [4.69, 9.17) is 0 Å². The molecule has 0 aliphatic heterocycles. The van der Waals surface area contributed by atoms with E-state index in [1.807, 2.05) is 0 Å². The van der Waals surface area contributed by atoms with Crippen LogP contribution in [0.1, 0.15) is 34.6 Å². The van der Waals surface area contributed by atoms with Gasteiger partial charge in [-0.2, -0.15) is 0 Å². The lowest BCUT2D eigenvalue weighted by Gasteiger charge is -2.73. The Morgan fingerprint density at radius 3 is 1.45 bits per heavy atom. The highest BCUT2D eigenvalue weighted by atomic mass is 14.7. The average Bonchev–Trinajstić information content (AvgIpc) is 2.02. The van der Waals surface area contributed by atoms with Crippen molar-refractivity contribution in [1.82, 2.24) is 0 Å². The Bertz CT molecular complexity index is 166. The fourth-order valence-corrected chi connectivity index (χ4v) is 4.15. The molecule has 2 aliphatic rings. The van der Waals surface area contributed by atoms with E-state index >= 15 is 0 Å². The van der Waals surface area contributed by atoms with Crippen LogP contribution < -0.4 is 0 Å². The van der Waals surface area contributed by atoms with Gasteiger partial charge in [0.15, 0.2) is 0 Å². The van der Waals surface area contributed by atoms with Crippen LogP contribution in [-0.4, -0.2) is 0 Å². The van der Waals surface area contributed by atoms with Gasteiger partial charge in [-0.15, -0.1) is 0 Å². The van der Waals surface area contributed by atoms with Crippen LogP contribution in [0.5, 0.6) is 0 Å². The van der Waals surface area contributed by atoms with Gasteiger partial charge in [0, 0.05) is 0 Å². The Morgan fingerprint density at radius 1 is 0.818 bits per heavy atom. The molecule has 0 saturated heterocycles. The van der Waals surface area contributed by atoms with E-state index < -0.39 is 0 Å². The first kappa shape index (κ1) is 7.64. The molecule has 0 aromatic rings. The molecule has 2 rings (SSSR count). The quantitative estimate of drug-likeness (QED) is 0.500. The fraction of sp³-hybridized carbons (Fsp3) is 1.00. The molecule has 0 heteroatoms. The summed E-state index contributed by atoms with van der Waals surface area (Å²) >= 11 is 0. The first-order chi connectivity index (χ1) is 5.01. The van der Waals surface area contributed by atoms with E-state index in [1.54, 1.807) is 0 Å². The SMILES string of the molecule is CC1C(C)C2(C)C(C)C(C)C12. The van der Waals surface area contributed by atoms with Crippen LogP contribution in [0.25, 0.3) is 0 Å². The summed E-state index contributed by atoms with van der Waals surface area (Å²) in [6, 6.07) is 0. The van der Waals surface area contributed by atoms with Crippen molar-refractivity contribution in [2.75, 3.05) is 0 Å². The van der Waals surface area contributed by atoms with Gasteiger partial charge in [-0.25, -0.2) is 0 Å². The number of hydrogen-bond donors (Lipinski definition) is 0. The second kappa shape index (κ2) is 1.84. The highest BCUT2D eigenvalue weighted by Crippen LogP contribution is 2.72. The van der Waals surface area contributed by atoms with Gasteiger partial charge in [-0.1, -0.05) is 34.6 Å². The molecule has 0 aromatic heterocycles. The lowest BCUT2D eigenvalue weighted by Crippen LogP contribution is -2.69. The predicted molar refractivity (Wildman–Crippen MR) is 48.3 cm³/mol. The standard InChI is InChI=1S/C11H20/c1-6-8(3)11(5)9(4)7(2)10(6)11/h6-10H,1-5H3. The van der Waals surface area contributed by atoms with Gasteiger partial charge in [0.25, 0.3) is 0 Å². The molecule has 0 bridgehead atoms. The van der Waals surface area contributed by atoms with Gasteiger partial charge >= 0.3 is 0 Å². The minimum Gasteiger partial charge on any atom is -0.0619 e. The molecule has 0 radical (unpaired) electrons. The van der Waals surface area contributed by atoms with E-state index in [-0.39, 0.29) is 0 Å². The first-order valence-corrected chi connectivity index (χ1v) is 5.01. The van der Waals surface area contributed by atoms with E-state index in [0.717, 1.165) is 35.0 Å². The normalized spacial score (nSPS) is 67.9. The zero-order valence-electron chi connectivity index (χ0n) is 8.39. The van der Waals surface area contributed by atoms with Crippen molar-refractivity contribution in [3.63, 3.8) is 0 Å². The number of hydrogen-bond acceptors (Lipinski definition) is 0. The van der Waals surface area contributed by atoms with Crippen molar-refractivity contribution in [2.24, 2.45) is 35.0 Å². The summed E-state index contributed by atoms with van der Waals surface area (Å²) in [5.41, 5.74) is 0.721. The van der Waals surface area contributed by atoms with Crippen molar-refractivity contribution in [1.29, 1.82) is 0 Å². The summed E-state index contributed by atoms with van der Waals surface area (Å²) in [7, 11) is 0. The molecule has 0 aromatic carbocycles. The molecule has 64 valence electrons. The summed E-state index contributed by atoms with van der Waals surface area (Å²) in [6.45, 7) is 12.2. The predicted octanol–water partition coefficient (Wildman–Crippen LogP) is 3.18. The molecule has 0 heterocycles. The van der Waals surface area contributed by atoms with Crippen LogP contribution >= 0.6 is 0 Å². The second-order valence-electron chi connectivity index (χ2n) is 5.19. The summed E-state index contributed by atoms with van der Waals surface area (Å²) < 4.78 is 0. The molecule has 0 nitrogen and oxygen atoms in total. The maximum absolute atomic E-state index is 2.49. The van der Waals surface area contributed by atoms with Gasteiger partial charge in [-0.3, -0.25) is 0 Å². The van der Waals surface area contributed by atoms with Gasteiger partial charge in [0.05, 0.1) is 0 Å². The Morgan fingerprint density at radius 2 is 1.18 bits per heavy atom. The fourth-order valence-electron chi connectivity index (χ4n) is 4.15. The van der Waals surface area contributed by atoms with Gasteiger partial charge in [-0.05, 0) is 35.0 Å². The maximum atomic E-state index is 2.49. The van der Waals surface area contributed by atoms with Crippen LogP contribution in [0.2, 0.25) is 0 Å². The van der Waals surface area contributed by atoms with Crippen LogP contribution in [0, 0.1) is 35.0 Å². The Labute approximate surface area is 70.4 Å². The largest absolute Gasteiger partial charge is 0.0619 e. The van der Waals surface area contributed by atoms with E-state index in [9.17, 15) is 0 Å². The third kappa shape index (κ3) is 0.554. The van der Waals surface area contributed by atoms with E-state index in [1.165, 1.54) is 0 Å². The highest BCUT2D eigenvalue weighted by molar-refractivity contribution is 5.15.